The Balaban J connectivity index is 1.40. The average molecular weight is 361 g/mol. The third-order valence-electron chi connectivity index (χ3n) is 4.09. The molecule has 2 aliphatic rings. The molecule has 1 aromatic carbocycles. The van der Waals surface area contributed by atoms with Crippen LogP contribution in [0.4, 0.5) is 5.69 Å². The summed E-state index contributed by atoms with van der Waals surface area (Å²) in [6.07, 6.45) is 2.19. The lowest BCUT2D eigenvalue weighted by Gasteiger charge is -2.19. The molecule has 9 heteroatoms. The van der Waals surface area contributed by atoms with Crippen LogP contribution in [0.2, 0.25) is 0 Å². The lowest BCUT2D eigenvalue weighted by atomic mass is 10.2. The molecular formula is C16H19N5O3S. The van der Waals surface area contributed by atoms with Gasteiger partial charge in [0.15, 0.2) is 17.3 Å². The molecular weight excluding hydrogens is 342 g/mol. The van der Waals surface area contributed by atoms with Gasteiger partial charge in [-0.3, -0.25) is 4.79 Å². The van der Waals surface area contributed by atoms with Gasteiger partial charge in [0.25, 0.3) is 0 Å². The van der Waals surface area contributed by atoms with Crippen molar-refractivity contribution in [3.63, 3.8) is 0 Å². The van der Waals surface area contributed by atoms with Crippen LogP contribution >= 0.6 is 11.8 Å². The van der Waals surface area contributed by atoms with Crippen molar-refractivity contribution in [1.29, 1.82) is 0 Å². The van der Waals surface area contributed by atoms with E-state index in [1.807, 2.05) is 6.92 Å². The number of fused-ring (bicyclic) bond motifs is 1. The summed E-state index contributed by atoms with van der Waals surface area (Å²) in [5.74, 6) is 8.42. The highest BCUT2D eigenvalue weighted by atomic mass is 32.2. The Bertz CT molecular complexity index is 805. The van der Waals surface area contributed by atoms with Gasteiger partial charge in [-0.1, -0.05) is 11.8 Å². The number of hydrogen-bond acceptors (Lipinski definition) is 7. The number of nitrogens with zero attached hydrogens (tertiary/aromatic N) is 3. The Morgan fingerprint density at radius 1 is 1.32 bits per heavy atom. The van der Waals surface area contributed by atoms with E-state index in [2.05, 4.69) is 15.5 Å². The van der Waals surface area contributed by atoms with Crippen LogP contribution in [0.15, 0.2) is 23.4 Å². The molecule has 1 aliphatic carbocycles. The van der Waals surface area contributed by atoms with Crippen LogP contribution in [0.25, 0.3) is 0 Å². The summed E-state index contributed by atoms with van der Waals surface area (Å²) >= 11 is 1.29. The first-order valence-corrected chi connectivity index (χ1v) is 9.07. The Labute approximate surface area is 149 Å². The van der Waals surface area contributed by atoms with E-state index in [1.54, 1.807) is 18.2 Å². The highest BCUT2D eigenvalue weighted by Gasteiger charge is 2.30. The zero-order valence-corrected chi connectivity index (χ0v) is 14.6. The van der Waals surface area contributed by atoms with Gasteiger partial charge in [0.05, 0.1) is 5.25 Å². The summed E-state index contributed by atoms with van der Waals surface area (Å²) in [6.45, 7) is 2.85. The van der Waals surface area contributed by atoms with E-state index in [1.165, 1.54) is 16.4 Å². The van der Waals surface area contributed by atoms with Crippen LogP contribution < -0.4 is 20.6 Å². The molecule has 2 heterocycles. The fourth-order valence-corrected chi connectivity index (χ4v) is 3.34. The number of ether oxygens (including phenoxy) is 2. The molecule has 0 radical (unpaired) electrons. The Hall–Kier alpha value is -2.42. The summed E-state index contributed by atoms with van der Waals surface area (Å²) in [5.41, 5.74) is 0.662. The molecule has 4 rings (SSSR count). The molecule has 8 nitrogen and oxygen atoms in total. The number of thioether (sulfide) groups is 1. The van der Waals surface area contributed by atoms with Crippen molar-refractivity contribution in [2.45, 2.75) is 36.1 Å². The highest BCUT2D eigenvalue weighted by molar-refractivity contribution is 8.00. The zero-order valence-electron chi connectivity index (χ0n) is 13.8. The van der Waals surface area contributed by atoms with E-state index in [-0.39, 0.29) is 11.2 Å². The normalized spacial score (nSPS) is 17.2. The zero-order chi connectivity index (χ0) is 17.4. The summed E-state index contributed by atoms with van der Waals surface area (Å²) in [4.78, 5) is 12.4. The van der Waals surface area contributed by atoms with E-state index in [0.29, 0.717) is 41.5 Å². The number of nitrogens with two attached hydrogens (primary N) is 1. The predicted octanol–water partition coefficient (Wildman–Crippen LogP) is 1.76. The lowest BCUT2D eigenvalue weighted by molar-refractivity contribution is -0.115. The van der Waals surface area contributed by atoms with Gasteiger partial charge in [0.1, 0.15) is 13.2 Å². The van der Waals surface area contributed by atoms with Gasteiger partial charge < -0.3 is 20.6 Å². The van der Waals surface area contributed by atoms with Crippen molar-refractivity contribution >= 4 is 23.4 Å². The topological polar surface area (TPSA) is 104 Å². The summed E-state index contributed by atoms with van der Waals surface area (Å²) in [5, 5.41) is 11.3. The van der Waals surface area contributed by atoms with E-state index < -0.39 is 0 Å². The first-order chi connectivity index (χ1) is 12.1. The Morgan fingerprint density at radius 3 is 2.84 bits per heavy atom. The van der Waals surface area contributed by atoms with Crippen molar-refractivity contribution in [2.75, 3.05) is 24.4 Å². The molecule has 0 spiro atoms. The van der Waals surface area contributed by atoms with Crippen LogP contribution in [-0.4, -0.2) is 39.2 Å². The van der Waals surface area contributed by atoms with Crippen LogP contribution in [0.3, 0.4) is 0 Å². The largest absolute Gasteiger partial charge is 0.486 e. The van der Waals surface area contributed by atoms with Crippen molar-refractivity contribution in [3.05, 3.63) is 24.0 Å². The van der Waals surface area contributed by atoms with Gasteiger partial charge in [-0.15, -0.1) is 10.2 Å². The molecule has 132 valence electrons. The monoisotopic (exact) mass is 361 g/mol. The molecule has 1 unspecified atom stereocenters. The Kier molecular flexibility index (Phi) is 4.16. The quantitative estimate of drug-likeness (QED) is 0.617. The van der Waals surface area contributed by atoms with Crippen LogP contribution in [0, 0.1) is 0 Å². The van der Waals surface area contributed by atoms with Gasteiger partial charge in [0, 0.05) is 17.7 Å². The minimum atomic E-state index is -0.369. The average Bonchev–Trinajstić information content (AvgIpc) is 3.40. The molecule has 3 N–H and O–H groups in total. The lowest BCUT2D eigenvalue weighted by Crippen LogP contribution is -2.24. The van der Waals surface area contributed by atoms with Crippen LogP contribution in [0.1, 0.15) is 31.5 Å². The number of carbonyl (C=O) groups is 1. The number of nitrogens with one attached hydrogen (secondary N) is 1. The van der Waals surface area contributed by atoms with Crippen LogP contribution in [-0.2, 0) is 4.79 Å². The maximum absolute atomic E-state index is 12.4. The third-order valence-corrected chi connectivity index (χ3v) is 5.15. The van der Waals surface area contributed by atoms with Gasteiger partial charge in [-0.05, 0) is 31.9 Å². The number of hydrogen-bond donors (Lipinski definition) is 2. The molecule has 0 saturated heterocycles. The number of benzene rings is 1. The van der Waals surface area contributed by atoms with Crippen molar-refractivity contribution in [1.82, 2.24) is 14.9 Å². The summed E-state index contributed by atoms with van der Waals surface area (Å²) < 4.78 is 12.5. The molecule has 1 fully saturated rings. The number of amides is 1. The van der Waals surface area contributed by atoms with E-state index in [4.69, 9.17) is 15.3 Å². The second kappa shape index (κ2) is 6.47. The summed E-state index contributed by atoms with van der Waals surface area (Å²) in [7, 11) is 0. The first kappa shape index (κ1) is 16.1. The number of nitrogen functional groups attached to an aromatic ring is 1. The second-order valence-corrected chi connectivity index (χ2v) is 7.40. The first-order valence-electron chi connectivity index (χ1n) is 8.19. The number of carbonyl (C=O) groups excluding carboxylic acids is 1. The van der Waals surface area contributed by atoms with E-state index in [9.17, 15) is 4.79 Å². The number of rotatable bonds is 5. The smallest absolute Gasteiger partial charge is 0.237 e. The van der Waals surface area contributed by atoms with Gasteiger partial charge in [-0.2, -0.15) is 0 Å². The molecule has 1 amide bonds. The third kappa shape index (κ3) is 3.37. The maximum atomic E-state index is 12.4. The minimum absolute atomic E-state index is 0.141. The molecule has 1 aromatic heterocycles. The minimum Gasteiger partial charge on any atom is -0.486 e. The number of anilines is 1. The highest BCUT2D eigenvalue weighted by Crippen LogP contribution is 2.39. The van der Waals surface area contributed by atoms with Crippen molar-refractivity contribution < 1.29 is 14.3 Å². The van der Waals surface area contributed by atoms with Crippen molar-refractivity contribution in [2.24, 2.45) is 0 Å². The van der Waals surface area contributed by atoms with E-state index in [0.717, 1.165) is 18.7 Å². The fourth-order valence-electron chi connectivity index (χ4n) is 2.57. The van der Waals surface area contributed by atoms with Gasteiger partial charge >= 0.3 is 0 Å². The SMILES string of the molecule is CC(Sc1nnc(C2CC2)n1N)C(=O)Nc1ccc2c(c1)OCCO2. The predicted molar refractivity (Wildman–Crippen MR) is 93.5 cm³/mol. The molecule has 2 aromatic rings. The fraction of sp³-hybridized carbons (Fsp3) is 0.438. The maximum Gasteiger partial charge on any atom is 0.237 e. The molecule has 1 aliphatic heterocycles. The van der Waals surface area contributed by atoms with E-state index >= 15 is 0 Å². The second-order valence-electron chi connectivity index (χ2n) is 6.09. The Morgan fingerprint density at radius 2 is 2.08 bits per heavy atom. The standard InChI is InChI=1S/C16H19N5O3S/c1-9(25-16-20-19-14(21(16)17)10-2-3-10)15(22)18-11-4-5-12-13(8-11)24-7-6-23-12/h4-5,8-10H,2-3,6-7,17H2,1H3,(H,18,22). The summed E-state index contributed by atoms with van der Waals surface area (Å²) in [6, 6.07) is 5.35. The van der Waals surface area contributed by atoms with Gasteiger partial charge in [-0.25, -0.2) is 4.68 Å². The van der Waals surface area contributed by atoms with Crippen molar-refractivity contribution in [3.8, 4) is 11.5 Å². The van der Waals surface area contributed by atoms with Gasteiger partial charge in [0.2, 0.25) is 11.1 Å². The van der Waals surface area contributed by atoms with Crippen LogP contribution in [0.5, 0.6) is 11.5 Å². The molecule has 1 saturated carbocycles. The molecule has 1 atom stereocenters. The number of aromatic nitrogens is 3. The molecule has 0 bridgehead atoms. The molecule has 25 heavy (non-hydrogen) atoms.